The zero-order chi connectivity index (χ0) is 12.1. The Morgan fingerprint density at radius 2 is 2.53 bits per heavy atom. The number of hydrogen-bond acceptors (Lipinski definition) is 4. The molecule has 2 N–H and O–H groups in total. The van der Waals surface area contributed by atoms with Crippen molar-refractivity contribution < 1.29 is 4.79 Å². The Morgan fingerprint density at radius 1 is 1.65 bits per heavy atom. The molecule has 0 spiro atoms. The second-order valence-corrected chi connectivity index (χ2v) is 5.14. The maximum atomic E-state index is 12.0. The highest BCUT2D eigenvalue weighted by Gasteiger charge is 2.18. The highest BCUT2D eigenvalue weighted by Crippen LogP contribution is 2.17. The average Bonchev–Trinajstić information content (AvgIpc) is 2.83. The Kier molecular flexibility index (Phi) is 4.25. The molecule has 4 nitrogen and oxygen atoms in total. The fraction of sp³-hybridized carbons (Fsp3) is 0.500. The summed E-state index contributed by atoms with van der Waals surface area (Å²) in [6.45, 7) is 2.81. The maximum Gasteiger partial charge on any atom is 0.251 e. The molecule has 0 aromatic carbocycles. The van der Waals surface area contributed by atoms with Crippen LogP contribution >= 0.6 is 11.8 Å². The molecule has 0 bridgehead atoms. The minimum absolute atomic E-state index is 0.000877. The first-order valence-electron chi connectivity index (χ1n) is 5.88. The third kappa shape index (κ3) is 3.36. The van der Waals surface area contributed by atoms with Gasteiger partial charge in [0.1, 0.15) is 5.82 Å². The van der Waals surface area contributed by atoms with Crippen molar-refractivity contribution in [2.24, 2.45) is 0 Å². The lowest BCUT2D eigenvalue weighted by Crippen LogP contribution is -2.34. The molecule has 2 rings (SSSR count). The minimum atomic E-state index is -0.000877. The third-order valence-corrected chi connectivity index (χ3v) is 3.81. The summed E-state index contributed by atoms with van der Waals surface area (Å²) in [5.74, 6) is 2.92. The molecule has 1 saturated heterocycles. The molecule has 5 heteroatoms. The number of carbonyl (C=O) groups is 1. The number of anilines is 1. The van der Waals surface area contributed by atoms with Gasteiger partial charge in [0, 0.05) is 30.1 Å². The second-order valence-electron chi connectivity index (χ2n) is 3.99. The molecule has 0 aliphatic carbocycles. The van der Waals surface area contributed by atoms with Gasteiger partial charge in [0.15, 0.2) is 0 Å². The molecule has 1 aromatic heterocycles. The van der Waals surface area contributed by atoms with Crippen molar-refractivity contribution in [2.45, 2.75) is 19.4 Å². The molecule has 1 unspecified atom stereocenters. The van der Waals surface area contributed by atoms with Crippen molar-refractivity contribution in [3.05, 3.63) is 23.9 Å². The van der Waals surface area contributed by atoms with Gasteiger partial charge < -0.3 is 10.6 Å². The summed E-state index contributed by atoms with van der Waals surface area (Å²) < 4.78 is 0. The lowest BCUT2D eigenvalue weighted by Gasteiger charge is -2.11. The Morgan fingerprint density at radius 3 is 3.24 bits per heavy atom. The molecular weight excluding hydrogens is 234 g/mol. The molecule has 0 saturated carbocycles. The van der Waals surface area contributed by atoms with E-state index in [0.29, 0.717) is 11.6 Å². The maximum absolute atomic E-state index is 12.0. The highest BCUT2D eigenvalue weighted by atomic mass is 32.2. The van der Waals surface area contributed by atoms with Gasteiger partial charge in [-0.15, -0.1) is 0 Å². The molecule has 1 fully saturated rings. The van der Waals surface area contributed by atoms with Gasteiger partial charge in [-0.2, -0.15) is 11.8 Å². The normalized spacial score (nSPS) is 19.0. The summed E-state index contributed by atoms with van der Waals surface area (Å²) in [7, 11) is 0. The lowest BCUT2D eigenvalue weighted by atomic mass is 10.2. The van der Waals surface area contributed by atoms with E-state index < -0.39 is 0 Å². The van der Waals surface area contributed by atoms with E-state index in [1.807, 2.05) is 18.7 Å². The van der Waals surface area contributed by atoms with Crippen molar-refractivity contribution >= 4 is 23.5 Å². The van der Waals surface area contributed by atoms with Crippen LogP contribution in [-0.4, -0.2) is 35.0 Å². The standard InChI is InChI=1S/C12H17N3OS/c1-2-13-11-7-9(3-5-14-11)12(16)15-10-4-6-17-8-10/h3,5,7,10H,2,4,6,8H2,1H3,(H,13,14)(H,15,16). The van der Waals surface area contributed by atoms with Gasteiger partial charge in [0.05, 0.1) is 0 Å². The van der Waals surface area contributed by atoms with Crippen LogP contribution in [0.5, 0.6) is 0 Å². The molecule has 0 radical (unpaired) electrons. The number of rotatable bonds is 4. The largest absolute Gasteiger partial charge is 0.370 e. The molecule has 1 atom stereocenters. The van der Waals surface area contributed by atoms with E-state index in [1.54, 1.807) is 18.3 Å². The van der Waals surface area contributed by atoms with Crippen molar-refractivity contribution in [3.63, 3.8) is 0 Å². The lowest BCUT2D eigenvalue weighted by molar-refractivity contribution is 0.0941. The Hall–Kier alpha value is -1.23. The van der Waals surface area contributed by atoms with Crippen LogP contribution in [-0.2, 0) is 0 Å². The van der Waals surface area contributed by atoms with Gasteiger partial charge in [0.2, 0.25) is 0 Å². The first-order chi connectivity index (χ1) is 8.29. The van der Waals surface area contributed by atoms with Crippen molar-refractivity contribution in [3.8, 4) is 0 Å². The van der Waals surface area contributed by atoms with Crippen LogP contribution in [0.4, 0.5) is 5.82 Å². The molecule has 1 aromatic rings. The van der Waals surface area contributed by atoms with Crippen molar-refractivity contribution in [1.29, 1.82) is 0 Å². The van der Waals surface area contributed by atoms with E-state index in [2.05, 4.69) is 15.6 Å². The first-order valence-corrected chi connectivity index (χ1v) is 7.03. The topological polar surface area (TPSA) is 54.0 Å². The third-order valence-electron chi connectivity index (χ3n) is 2.64. The molecule has 1 aliphatic heterocycles. The van der Waals surface area contributed by atoms with Gasteiger partial charge in [-0.05, 0) is 31.2 Å². The number of hydrogen-bond donors (Lipinski definition) is 2. The molecule has 2 heterocycles. The van der Waals surface area contributed by atoms with E-state index >= 15 is 0 Å². The molecule has 1 amide bonds. The van der Waals surface area contributed by atoms with Gasteiger partial charge in [-0.1, -0.05) is 0 Å². The SMILES string of the molecule is CCNc1cc(C(=O)NC2CCSC2)ccn1. The fourth-order valence-electron chi connectivity index (χ4n) is 1.77. The predicted octanol–water partition coefficient (Wildman–Crippen LogP) is 1.75. The van der Waals surface area contributed by atoms with Crippen LogP contribution < -0.4 is 10.6 Å². The van der Waals surface area contributed by atoms with E-state index in [0.717, 1.165) is 30.3 Å². The van der Waals surface area contributed by atoms with Gasteiger partial charge in [0.25, 0.3) is 5.91 Å². The van der Waals surface area contributed by atoms with E-state index in [1.165, 1.54) is 0 Å². The van der Waals surface area contributed by atoms with Gasteiger partial charge >= 0.3 is 0 Å². The van der Waals surface area contributed by atoms with E-state index in [-0.39, 0.29) is 5.91 Å². The molecule has 92 valence electrons. The van der Waals surface area contributed by atoms with Crippen molar-refractivity contribution in [1.82, 2.24) is 10.3 Å². The summed E-state index contributed by atoms with van der Waals surface area (Å²) in [4.78, 5) is 16.1. The van der Waals surface area contributed by atoms with E-state index in [9.17, 15) is 4.79 Å². The number of thioether (sulfide) groups is 1. The van der Waals surface area contributed by atoms with Gasteiger partial charge in [-0.3, -0.25) is 4.79 Å². The number of pyridine rings is 1. The van der Waals surface area contributed by atoms with Crippen molar-refractivity contribution in [2.75, 3.05) is 23.4 Å². The Balaban J connectivity index is 1.99. The Labute approximate surface area is 106 Å². The molecule has 1 aliphatic rings. The number of amides is 1. The van der Waals surface area contributed by atoms with Crippen LogP contribution in [0.15, 0.2) is 18.3 Å². The number of nitrogens with one attached hydrogen (secondary N) is 2. The summed E-state index contributed by atoms with van der Waals surface area (Å²) >= 11 is 1.89. The number of nitrogens with zero attached hydrogens (tertiary/aromatic N) is 1. The van der Waals surface area contributed by atoms with Crippen LogP contribution in [0.25, 0.3) is 0 Å². The van der Waals surface area contributed by atoms with E-state index in [4.69, 9.17) is 0 Å². The Bertz CT molecular complexity index is 391. The molecule has 17 heavy (non-hydrogen) atoms. The molecular formula is C12H17N3OS. The predicted molar refractivity (Wildman–Crippen MR) is 71.6 cm³/mol. The summed E-state index contributed by atoms with van der Waals surface area (Å²) in [5, 5.41) is 6.15. The van der Waals surface area contributed by atoms with Crippen LogP contribution in [0.2, 0.25) is 0 Å². The minimum Gasteiger partial charge on any atom is -0.370 e. The van der Waals surface area contributed by atoms with Gasteiger partial charge in [-0.25, -0.2) is 4.98 Å². The quantitative estimate of drug-likeness (QED) is 0.856. The number of aromatic nitrogens is 1. The van der Waals surface area contributed by atoms with Crippen LogP contribution in [0.3, 0.4) is 0 Å². The fourth-order valence-corrected chi connectivity index (χ4v) is 2.92. The summed E-state index contributed by atoms with van der Waals surface area (Å²) in [5.41, 5.74) is 0.674. The average molecular weight is 251 g/mol. The summed E-state index contributed by atoms with van der Waals surface area (Å²) in [6.07, 6.45) is 2.73. The van der Waals surface area contributed by atoms with Crippen LogP contribution in [0.1, 0.15) is 23.7 Å². The zero-order valence-electron chi connectivity index (χ0n) is 9.90. The zero-order valence-corrected chi connectivity index (χ0v) is 10.7. The first kappa shape index (κ1) is 12.2. The second kappa shape index (κ2) is 5.91. The summed E-state index contributed by atoms with van der Waals surface area (Å²) in [6, 6.07) is 3.86. The van der Waals surface area contributed by atoms with Crippen LogP contribution in [0, 0.1) is 0 Å². The highest BCUT2D eigenvalue weighted by molar-refractivity contribution is 7.99. The monoisotopic (exact) mass is 251 g/mol. The smallest absolute Gasteiger partial charge is 0.251 e. The number of carbonyl (C=O) groups excluding carboxylic acids is 1.